The zero-order valence-corrected chi connectivity index (χ0v) is 17.2. The molecule has 0 aliphatic rings. The van der Waals surface area contributed by atoms with E-state index >= 15 is 0 Å². The van der Waals surface area contributed by atoms with Crippen molar-refractivity contribution in [3.63, 3.8) is 0 Å². The van der Waals surface area contributed by atoms with E-state index < -0.39 is 0 Å². The lowest BCUT2D eigenvalue weighted by molar-refractivity contribution is 0.251. The van der Waals surface area contributed by atoms with Gasteiger partial charge in [-0.2, -0.15) is 4.68 Å². The predicted octanol–water partition coefficient (Wildman–Crippen LogP) is 4.77. The monoisotopic (exact) mass is 415 g/mol. The Kier molecular flexibility index (Phi) is 4.95. The third-order valence-corrected chi connectivity index (χ3v) is 5.13. The van der Waals surface area contributed by atoms with E-state index in [0.717, 1.165) is 22.3 Å². The van der Waals surface area contributed by atoms with Crippen molar-refractivity contribution in [3.8, 4) is 17.5 Å². The average Bonchev–Trinajstić information content (AvgIpc) is 3.51. The van der Waals surface area contributed by atoms with Gasteiger partial charge in [-0.3, -0.25) is 0 Å². The van der Waals surface area contributed by atoms with Gasteiger partial charge in [-0.25, -0.2) is 4.98 Å². The summed E-state index contributed by atoms with van der Waals surface area (Å²) in [6.45, 7) is 4.67. The van der Waals surface area contributed by atoms with Crippen LogP contribution in [0.25, 0.3) is 22.4 Å². The molecule has 0 fully saturated rings. The first kappa shape index (κ1) is 19.0. The quantitative estimate of drug-likeness (QED) is 0.378. The molecule has 0 saturated heterocycles. The number of hydrogen-bond acceptors (Lipinski definition) is 7. The first-order valence-corrected chi connectivity index (χ1v) is 10.1. The number of oxazole rings is 1. The summed E-state index contributed by atoms with van der Waals surface area (Å²) in [5, 5.41) is 12.9. The highest BCUT2D eigenvalue weighted by Gasteiger charge is 2.18. The second-order valence-corrected chi connectivity index (χ2v) is 7.41. The maximum absolute atomic E-state index is 5.96. The molecule has 5 rings (SSSR count). The summed E-state index contributed by atoms with van der Waals surface area (Å²) in [5.74, 6) is 2.21. The molecule has 0 aliphatic carbocycles. The molecule has 8 heteroatoms. The molecular weight excluding hydrogens is 394 g/mol. The van der Waals surface area contributed by atoms with E-state index in [1.165, 1.54) is 0 Å². The molecule has 0 radical (unpaired) electrons. The van der Waals surface area contributed by atoms with E-state index in [0.29, 0.717) is 29.9 Å². The van der Waals surface area contributed by atoms with Crippen LogP contribution in [0.5, 0.6) is 6.01 Å². The molecule has 31 heavy (non-hydrogen) atoms. The van der Waals surface area contributed by atoms with Crippen LogP contribution in [0.15, 0.2) is 69.5 Å². The van der Waals surface area contributed by atoms with Gasteiger partial charge in [-0.15, -0.1) is 0 Å². The van der Waals surface area contributed by atoms with Gasteiger partial charge in [0, 0.05) is 16.9 Å². The molecule has 156 valence electrons. The van der Waals surface area contributed by atoms with Gasteiger partial charge in [0.1, 0.15) is 29.4 Å². The van der Waals surface area contributed by atoms with Crippen molar-refractivity contribution in [1.82, 2.24) is 25.2 Å². The second kappa shape index (κ2) is 8.06. The van der Waals surface area contributed by atoms with Crippen LogP contribution in [-0.2, 0) is 13.2 Å². The van der Waals surface area contributed by atoms with E-state index in [4.69, 9.17) is 13.6 Å². The Bertz CT molecular complexity index is 1270. The summed E-state index contributed by atoms with van der Waals surface area (Å²) >= 11 is 0. The molecule has 0 spiro atoms. The lowest BCUT2D eigenvalue weighted by Crippen LogP contribution is -2.11. The first-order valence-electron chi connectivity index (χ1n) is 10.1. The standard InChI is InChI=1S/C23H21N5O3/c1-15(21-12-18-10-6-7-11-20(18)31-21)13-28-23(25-26-27-28)29-14-19-16(2)30-22(24-19)17-8-4-3-5-9-17/h3-12,15H,13-14H2,1-2H3. The maximum Gasteiger partial charge on any atom is 0.335 e. The van der Waals surface area contributed by atoms with Crippen molar-refractivity contribution in [1.29, 1.82) is 0 Å². The number of aromatic nitrogens is 5. The summed E-state index contributed by atoms with van der Waals surface area (Å²) in [6.07, 6.45) is 0. The zero-order valence-electron chi connectivity index (χ0n) is 17.2. The summed E-state index contributed by atoms with van der Waals surface area (Å²) in [6, 6.07) is 20.1. The SMILES string of the molecule is Cc1oc(-c2ccccc2)nc1COc1nnnn1CC(C)c1cc2ccccc2o1. The fourth-order valence-electron chi connectivity index (χ4n) is 3.41. The van der Waals surface area contributed by atoms with Crippen molar-refractivity contribution in [3.05, 3.63) is 77.9 Å². The third-order valence-electron chi connectivity index (χ3n) is 5.13. The van der Waals surface area contributed by atoms with E-state index in [-0.39, 0.29) is 12.5 Å². The highest BCUT2D eigenvalue weighted by atomic mass is 16.5. The molecular formula is C23H21N5O3. The number of tetrazole rings is 1. The van der Waals surface area contributed by atoms with Gasteiger partial charge in [-0.1, -0.05) is 48.4 Å². The van der Waals surface area contributed by atoms with Crippen molar-refractivity contribution < 1.29 is 13.6 Å². The van der Waals surface area contributed by atoms with Crippen molar-refractivity contribution in [2.45, 2.75) is 32.9 Å². The Balaban J connectivity index is 1.28. The molecule has 1 atom stereocenters. The number of fused-ring (bicyclic) bond motifs is 1. The summed E-state index contributed by atoms with van der Waals surface area (Å²) in [7, 11) is 0. The molecule has 3 heterocycles. The average molecular weight is 415 g/mol. The molecule has 2 aromatic carbocycles. The van der Waals surface area contributed by atoms with E-state index in [1.54, 1.807) is 4.68 Å². The van der Waals surface area contributed by atoms with Crippen LogP contribution in [0.1, 0.15) is 30.1 Å². The Morgan fingerprint density at radius 1 is 1.03 bits per heavy atom. The Labute approximate surface area is 178 Å². The van der Waals surface area contributed by atoms with Gasteiger partial charge >= 0.3 is 6.01 Å². The molecule has 5 aromatic rings. The van der Waals surface area contributed by atoms with Gasteiger partial charge in [0.15, 0.2) is 0 Å². The molecule has 0 bridgehead atoms. The largest absolute Gasteiger partial charge is 0.461 e. The van der Waals surface area contributed by atoms with E-state index in [9.17, 15) is 0 Å². The Morgan fingerprint density at radius 3 is 2.68 bits per heavy atom. The van der Waals surface area contributed by atoms with Crippen LogP contribution in [0.3, 0.4) is 0 Å². The molecule has 0 aliphatic heterocycles. The van der Waals surface area contributed by atoms with E-state index in [1.807, 2.05) is 61.5 Å². The highest BCUT2D eigenvalue weighted by molar-refractivity contribution is 5.77. The Morgan fingerprint density at radius 2 is 1.84 bits per heavy atom. The van der Waals surface area contributed by atoms with Crippen LogP contribution in [-0.4, -0.2) is 25.2 Å². The van der Waals surface area contributed by atoms with Crippen molar-refractivity contribution in [2.75, 3.05) is 0 Å². The lowest BCUT2D eigenvalue weighted by atomic mass is 10.1. The van der Waals surface area contributed by atoms with Gasteiger partial charge in [0.25, 0.3) is 0 Å². The number of aryl methyl sites for hydroxylation is 1. The molecule has 8 nitrogen and oxygen atoms in total. The van der Waals surface area contributed by atoms with Crippen LogP contribution < -0.4 is 4.74 Å². The Hall–Kier alpha value is -3.94. The van der Waals surface area contributed by atoms with Crippen molar-refractivity contribution >= 4 is 11.0 Å². The fourth-order valence-corrected chi connectivity index (χ4v) is 3.41. The second-order valence-electron chi connectivity index (χ2n) is 7.41. The number of para-hydroxylation sites is 1. The van der Waals surface area contributed by atoms with Gasteiger partial charge < -0.3 is 13.6 Å². The topological polar surface area (TPSA) is 92.0 Å². The summed E-state index contributed by atoms with van der Waals surface area (Å²) in [4.78, 5) is 4.56. The van der Waals surface area contributed by atoms with Crippen molar-refractivity contribution in [2.24, 2.45) is 0 Å². The first-order chi connectivity index (χ1) is 15.2. The van der Waals surface area contributed by atoms with Crippen LogP contribution in [0, 0.1) is 6.92 Å². The molecule has 0 amide bonds. The summed E-state index contributed by atoms with van der Waals surface area (Å²) < 4.78 is 19.2. The number of ether oxygens (including phenoxy) is 1. The van der Waals surface area contributed by atoms with Gasteiger partial charge in [0.2, 0.25) is 5.89 Å². The molecule has 1 unspecified atom stereocenters. The highest BCUT2D eigenvalue weighted by Crippen LogP contribution is 2.27. The van der Waals surface area contributed by atoms with Crippen LogP contribution in [0.4, 0.5) is 0 Å². The summed E-state index contributed by atoms with van der Waals surface area (Å²) in [5.41, 5.74) is 2.49. The van der Waals surface area contributed by atoms with Crippen LogP contribution >= 0.6 is 0 Å². The number of rotatable bonds is 7. The van der Waals surface area contributed by atoms with Crippen LogP contribution in [0.2, 0.25) is 0 Å². The molecule has 3 aromatic heterocycles. The number of nitrogens with zero attached hydrogens (tertiary/aromatic N) is 5. The van der Waals surface area contributed by atoms with Gasteiger partial charge in [0.05, 0.1) is 6.54 Å². The fraction of sp³-hybridized carbons (Fsp3) is 0.217. The minimum atomic E-state index is 0.0664. The smallest absolute Gasteiger partial charge is 0.335 e. The lowest BCUT2D eigenvalue weighted by Gasteiger charge is -2.10. The zero-order chi connectivity index (χ0) is 21.2. The van der Waals surface area contributed by atoms with Gasteiger partial charge in [-0.05, 0) is 41.6 Å². The van der Waals surface area contributed by atoms with E-state index in [2.05, 4.69) is 33.5 Å². The maximum atomic E-state index is 5.96. The normalized spacial score (nSPS) is 12.3. The number of benzene rings is 2. The predicted molar refractivity (Wildman–Crippen MR) is 113 cm³/mol. The third kappa shape index (κ3) is 3.92. The molecule has 0 saturated carbocycles. The minimum absolute atomic E-state index is 0.0664. The minimum Gasteiger partial charge on any atom is -0.461 e. The molecule has 0 N–H and O–H groups in total. The number of hydrogen-bond donors (Lipinski definition) is 0. The number of furan rings is 1.